The zero-order chi connectivity index (χ0) is 22.5. The van der Waals surface area contributed by atoms with E-state index in [0.717, 1.165) is 60.5 Å². The van der Waals surface area contributed by atoms with Crippen molar-refractivity contribution in [1.29, 1.82) is 0 Å². The van der Waals surface area contributed by atoms with Gasteiger partial charge in [-0.25, -0.2) is 0 Å². The van der Waals surface area contributed by atoms with Crippen LogP contribution in [0.1, 0.15) is 49.1 Å². The van der Waals surface area contributed by atoms with E-state index in [1.807, 2.05) is 49.4 Å². The lowest BCUT2D eigenvalue weighted by molar-refractivity contribution is -0.134. The lowest BCUT2D eigenvalue weighted by Crippen LogP contribution is -2.33. The van der Waals surface area contributed by atoms with Gasteiger partial charge in [0.25, 0.3) is 0 Å². The standard InChI is InChI=1S/C27H32O5/c1-18-3-4-22(21-5-7-23(8-6-21)32-17-30-2)16-24(18)27-25(28)14-20(15-26(27)29)13-19-9-11-31-12-10-19/h3-8,16,19-20,27H,9-15,17H2,1-2H3. The van der Waals surface area contributed by atoms with Crippen molar-refractivity contribution in [2.24, 2.45) is 11.8 Å². The third kappa shape index (κ3) is 5.28. The normalized spacial score (nSPS) is 22.2. The summed E-state index contributed by atoms with van der Waals surface area (Å²) >= 11 is 0. The highest BCUT2D eigenvalue weighted by atomic mass is 16.7. The molecule has 4 rings (SSSR count). The fourth-order valence-electron chi connectivity index (χ4n) is 5.03. The van der Waals surface area contributed by atoms with Crippen LogP contribution in [0.2, 0.25) is 0 Å². The first-order valence-electron chi connectivity index (χ1n) is 11.5. The summed E-state index contributed by atoms with van der Waals surface area (Å²) < 4.78 is 15.8. The highest BCUT2D eigenvalue weighted by Crippen LogP contribution is 2.38. The summed E-state index contributed by atoms with van der Waals surface area (Å²) in [6.45, 7) is 3.78. The van der Waals surface area contributed by atoms with E-state index in [2.05, 4.69) is 0 Å². The second-order valence-electron chi connectivity index (χ2n) is 9.08. The molecule has 2 aromatic carbocycles. The van der Waals surface area contributed by atoms with Gasteiger partial charge < -0.3 is 14.2 Å². The van der Waals surface area contributed by atoms with E-state index in [0.29, 0.717) is 18.8 Å². The minimum absolute atomic E-state index is 0.0712. The Labute approximate surface area is 190 Å². The minimum Gasteiger partial charge on any atom is -0.468 e. The summed E-state index contributed by atoms with van der Waals surface area (Å²) in [5.74, 6) is 0.995. The van der Waals surface area contributed by atoms with E-state index in [1.165, 1.54) is 0 Å². The van der Waals surface area contributed by atoms with Gasteiger partial charge in [-0.15, -0.1) is 0 Å². The number of carbonyl (C=O) groups excluding carboxylic acids is 2. The van der Waals surface area contributed by atoms with Gasteiger partial charge in [-0.05, 0) is 78.5 Å². The third-order valence-electron chi connectivity index (χ3n) is 6.75. The molecule has 2 fully saturated rings. The Bertz CT molecular complexity index is 925. The summed E-state index contributed by atoms with van der Waals surface area (Å²) in [4.78, 5) is 26.3. The fraction of sp³-hybridized carbons (Fsp3) is 0.481. The largest absolute Gasteiger partial charge is 0.468 e. The van der Waals surface area contributed by atoms with Crippen molar-refractivity contribution in [1.82, 2.24) is 0 Å². The SMILES string of the molecule is COCOc1ccc(-c2ccc(C)c(C3C(=O)CC(CC4CCOCC4)CC3=O)c2)cc1. The van der Waals surface area contributed by atoms with E-state index >= 15 is 0 Å². The first kappa shape index (κ1) is 22.7. The van der Waals surface area contributed by atoms with Gasteiger partial charge in [0, 0.05) is 33.2 Å². The number of rotatable bonds is 7. The molecule has 0 N–H and O–H groups in total. The molecule has 0 radical (unpaired) electrons. The van der Waals surface area contributed by atoms with E-state index < -0.39 is 5.92 Å². The topological polar surface area (TPSA) is 61.8 Å². The number of hydrogen-bond acceptors (Lipinski definition) is 5. The monoisotopic (exact) mass is 436 g/mol. The number of aryl methyl sites for hydroxylation is 1. The van der Waals surface area contributed by atoms with E-state index in [-0.39, 0.29) is 24.3 Å². The van der Waals surface area contributed by atoms with Crippen LogP contribution in [0.15, 0.2) is 42.5 Å². The Morgan fingerprint density at radius 3 is 2.22 bits per heavy atom. The van der Waals surface area contributed by atoms with Gasteiger partial charge in [-0.2, -0.15) is 0 Å². The quantitative estimate of drug-likeness (QED) is 0.447. The van der Waals surface area contributed by atoms with Crippen molar-refractivity contribution in [3.63, 3.8) is 0 Å². The first-order valence-corrected chi connectivity index (χ1v) is 11.5. The van der Waals surface area contributed by atoms with Crippen molar-refractivity contribution >= 4 is 11.6 Å². The molecular weight excluding hydrogens is 404 g/mol. The molecule has 1 heterocycles. The smallest absolute Gasteiger partial charge is 0.188 e. The number of carbonyl (C=O) groups is 2. The molecule has 1 saturated heterocycles. The van der Waals surface area contributed by atoms with Crippen LogP contribution in [0, 0.1) is 18.8 Å². The van der Waals surface area contributed by atoms with Gasteiger partial charge in [0.15, 0.2) is 6.79 Å². The average molecular weight is 437 g/mol. The molecule has 0 amide bonds. The summed E-state index contributed by atoms with van der Waals surface area (Å²) in [5.41, 5.74) is 3.85. The number of hydrogen-bond donors (Lipinski definition) is 0. The van der Waals surface area contributed by atoms with Gasteiger partial charge in [-0.1, -0.05) is 24.3 Å². The lowest BCUT2D eigenvalue weighted by atomic mass is 9.72. The van der Waals surface area contributed by atoms with Crippen LogP contribution in [-0.2, 0) is 19.1 Å². The molecule has 0 bridgehead atoms. The highest BCUT2D eigenvalue weighted by Gasteiger charge is 2.38. The molecule has 0 spiro atoms. The Kier molecular flexibility index (Phi) is 7.38. The van der Waals surface area contributed by atoms with E-state index in [1.54, 1.807) is 7.11 Å². The molecule has 0 unspecified atom stereocenters. The predicted octanol–water partition coefficient (Wildman–Crippen LogP) is 5.09. The molecule has 0 aromatic heterocycles. The molecule has 1 aliphatic carbocycles. The fourth-order valence-corrected chi connectivity index (χ4v) is 5.03. The van der Waals surface area contributed by atoms with Gasteiger partial charge in [-0.3, -0.25) is 9.59 Å². The van der Waals surface area contributed by atoms with Crippen molar-refractivity contribution < 1.29 is 23.8 Å². The molecule has 2 aromatic rings. The Balaban J connectivity index is 1.49. The molecule has 32 heavy (non-hydrogen) atoms. The maximum absolute atomic E-state index is 13.1. The summed E-state index contributed by atoms with van der Waals surface area (Å²) in [7, 11) is 1.59. The number of ether oxygens (including phenoxy) is 3. The summed E-state index contributed by atoms with van der Waals surface area (Å²) in [6.07, 6.45) is 4.05. The number of benzene rings is 2. The second-order valence-corrected chi connectivity index (χ2v) is 9.08. The van der Waals surface area contributed by atoms with Crippen LogP contribution >= 0.6 is 0 Å². The molecule has 170 valence electrons. The molecule has 5 nitrogen and oxygen atoms in total. The van der Waals surface area contributed by atoms with Gasteiger partial charge in [0.2, 0.25) is 0 Å². The van der Waals surface area contributed by atoms with E-state index in [4.69, 9.17) is 14.2 Å². The summed E-state index contributed by atoms with van der Waals surface area (Å²) in [5, 5.41) is 0. The minimum atomic E-state index is -0.634. The highest BCUT2D eigenvalue weighted by molar-refractivity contribution is 6.10. The molecule has 5 heteroatoms. The van der Waals surface area contributed by atoms with Crippen molar-refractivity contribution in [2.75, 3.05) is 27.1 Å². The molecule has 1 aliphatic heterocycles. The lowest BCUT2D eigenvalue weighted by Gasteiger charge is -2.31. The maximum Gasteiger partial charge on any atom is 0.188 e. The van der Waals surface area contributed by atoms with Crippen LogP contribution in [0.5, 0.6) is 5.75 Å². The summed E-state index contributed by atoms with van der Waals surface area (Å²) in [6, 6.07) is 13.8. The Hall–Kier alpha value is -2.50. The van der Waals surface area contributed by atoms with Gasteiger partial charge in [0.1, 0.15) is 23.2 Å². The molecule has 1 saturated carbocycles. The van der Waals surface area contributed by atoms with Crippen LogP contribution in [0.3, 0.4) is 0 Å². The average Bonchev–Trinajstić information content (AvgIpc) is 2.79. The number of methoxy groups -OCH3 is 1. The van der Waals surface area contributed by atoms with Crippen LogP contribution in [0.4, 0.5) is 0 Å². The van der Waals surface area contributed by atoms with Crippen molar-refractivity contribution in [2.45, 2.75) is 44.9 Å². The maximum atomic E-state index is 13.1. The predicted molar refractivity (Wildman–Crippen MR) is 123 cm³/mol. The second kappa shape index (κ2) is 10.4. The first-order chi connectivity index (χ1) is 15.5. The van der Waals surface area contributed by atoms with Crippen molar-refractivity contribution in [3.8, 4) is 16.9 Å². The van der Waals surface area contributed by atoms with Crippen LogP contribution in [-0.4, -0.2) is 38.7 Å². The molecule has 0 atom stereocenters. The van der Waals surface area contributed by atoms with Gasteiger partial charge in [0.05, 0.1) is 0 Å². The van der Waals surface area contributed by atoms with Crippen LogP contribution in [0.25, 0.3) is 11.1 Å². The molecule has 2 aliphatic rings. The zero-order valence-corrected chi connectivity index (χ0v) is 19.0. The zero-order valence-electron chi connectivity index (χ0n) is 19.0. The Morgan fingerprint density at radius 1 is 0.906 bits per heavy atom. The van der Waals surface area contributed by atoms with E-state index in [9.17, 15) is 9.59 Å². The Morgan fingerprint density at radius 2 is 1.56 bits per heavy atom. The number of ketones is 2. The molecular formula is C27H32O5. The van der Waals surface area contributed by atoms with Crippen LogP contribution < -0.4 is 4.74 Å². The van der Waals surface area contributed by atoms with Gasteiger partial charge >= 0.3 is 0 Å². The number of Topliss-reactive ketones (excluding diaryl/α,β-unsaturated/α-hetero) is 2. The third-order valence-corrected chi connectivity index (χ3v) is 6.75. The van der Waals surface area contributed by atoms with Crippen molar-refractivity contribution in [3.05, 3.63) is 53.6 Å².